The zero-order valence-electron chi connectivity index (χ0n) is 17.2. The van der Waals surface area contributed by atoms with Crippen molar-refractivity contribution >= 4 is 22.6 Å². The minimum absolute atomic E-state index is 0.138. The summed E-state index contributed by atoms with van der Waals surface area (Å²) in [5.74, 6) is 0.446. The molecule has 1 saturated carbocycles. The predicted octanol–water partition coefficient (Wildman–Crippen LogP) is 3.44. The molecule has 1 aliphatic carbocycles. The molecule has 1 fully saturated rings. The highest BCUT2D eigenvalue weighted by Crippen LogP contribution is 2.38. The van der Waals surface area contributed by atoms with E-state index in [4.69, 9.17) is 0 Å². The normalized spacial score (nSPS) is 21.9. The zero-order chi connectivity index (χ0) is 20.2. The average Bonchev–Trinajstić information content (AvgIpc) is 2.92. The minimum Gasteiger partial charge on any atom is -0.348 e. The molecule has 6 nitrogen and oxygen atoms in total. The molecule has 1 N–H and O–H groups in total. The maximum atomic E-state index is 13.0. The first kappa shape index (κ1) is 18.7. The second-order valence-electron chi connectivity index (χ2n) is 9.21. The van der Waals surface area contributed by atoms with E-state index in [1.807, 2.05) is 19.1 Å². The van der Waals surface area contributed by atoms with Gasteiger partial charge in [-0.3, -0.25) is 14.0 Å². The van der Waals surface area contributed by atoms with E-state index in [0.29, 0.717) is 28.3 Å². The van der Waals surface area contributed by atoms with Gasteiger partial charge < -0.3 is 9.88 Å². The van der Waals surface area contributed by atoms with Gasteiger partial charge >= 0.3 is 0 Å². The van der Waals surface area contributed by atoms with Gasteiger partial charge in [-0.1, -0.05) is 26.8 Å². The number of carbonyl (C=O) groups excluding carboxylic acids is 1. The number of carbonyl (C=O) groups is 1. The van der Waals surface area contributed by atoms with Crippen molar-refractivity contribution in [3.05, 3.63) is 46.0 Å². The molecule has 1 amide bonds. The molecule has 3 aromatic heterocycles. The fraction of sp³-hybridized carbons (Fsp3) is 0.500. The lowest BCUT2D eigenvalue weighted by atomic mass is 9.70. The third kappa shape index (κ3) is 3.11. The Hall–Kier alpha value is -2.63. The highest BCUT2D eigenvalue weighted by molar-refractivity contribution is 5.98. The molecule has 0 unspecified atom stereocenters. The lowest BCUT2D eigenvalue weighted by Crippen LogP contribution is -2.43. The SMILES string of the molecule is Cc1cccn2c(=O)c3cc(C(=O)N[C@H]4C[C@@H](C)CC(C)(C)C4)n(C)c3nc12. The molecule has 0 bridgehead atoms. The largest absolute Gasteiger partial charge is 0.348 e. The Balaban J connectivity index is 1.73. The Bertz CT molecular complexity index is 1140. The Labute approximate surface area is 164 Å². The van der Waals surface area contributed by atoms with E-state index in [2.05, 4.69) is 31.1 Å². The summed E-state index contributed by atoms with van der Waals surface area (Å²) in [7, 11) is 1.80. The number of amides is 1. The van der Waals surface area contributed by atoms with Crippen LogP contribution >= 0.6 is 0 Å². The third-order valence-electron chi connectivity index (χ3n) is 5.98. The van der Waals surface area contributed by atoms with Crippen molar-refractivity contribution in [2.75, 3.05) is 0 Å². The first-order valence-corrected chi connectivity index (χ1v) is 9.94. The van der Waals surface area contributed by atoms with Crippen LogP contribution < -0.4 is 10.9 Å². The first-order valence-electron chi connectivity index (χ1n) is 9.94. The molecule has 0 aromatic carbocycles. The molecule has 6 heteroatoms. The van der Waals surface area contributed by atoms with Crippen LogP contribution in [0.4, 0.5) is 0 Å². The smallest absolute Gasteiger partial charge is 0.268 e. The van der Waals surface area contributed by atoms with Gasteiger partial charge in [0.05, 0.1) is 5.39 Å². The van der Waals surface area contributed by atoms with Crippen LogP contribution in [0.25, 0.3) is 16.7 Å². The van der Waals surface area contributed by atoms with Crippen molar-refractivity contribution in [2.45, 2.75) is 53.0 Å². The number of nitrogens with one attached hydrogen (secondary N) is 1. The summed E-state index contributed by atoms with van der Waals surface area (Å²) < 4.78 is 3.28. The maximum absolute atomic E-state index is 13.0. The van der Waals surface area contributed by atoms with Crippen LogP contribution in [-0.4, -0.2) is 25.9 Å². The van der Waals surface area contributed by atoms with Gasteiger partial charge in [-0.05, 0) is 55.2 Å². The predicted molar refractivity (Wildman–Crippen MR) is 111 cm³/mol. The summed E-state index contributed by atoms with van der Waals surface area (Å²) in [6, 6.07) is 5.59. The van der Waals surface area contributed by atoms with Gasteiger partial charge in [0.2, 0.25) is 0 Å². The maximum Gasteiger partial charge on any atom is 0.268 e. The molecule has 4 rings (SSSR count). The number of aryl methyl sites for hydroxylation is 2. The van der Waals surface area contributed by atoms with Gasteiger partial charge in [0, 0.05) is 19.3 Å². The first-order chi connectivity index (χ1) is 13.2. The van der Waals surface area contributed by atoms with Gasteiger partial charge in [-0.2, -0.15) is 0 Å². The molecule has 0 saturated heterocycles. The second-order valence-corrected chi connectivity index (χ2v) is 9.21. The quantitative estimate of drug-likeness (QED) is 0.740. The summed E-state index contributed by atoms with van der Waals surface area (Å²) in [4.78, 5) is 30.6. The van der Waals surface area contributed by atoms with Crippen molar-refractivity contribution < 1.29 is 4.79 Å². The van der Waals surface area contributed by atoms with Crippen LogP contribution in [-0.2, 0) is 7.05 Å². The summed E-state index contributed by atoms with van der Waals surface area (Å²) in [5.41, 5.74) is 2.64. The molecule has 1 aliphatic rings. The van der Waals surface area contributed by atoms with E-state index in [-0.39, 0.29) is 22.9 Å². The highest BCUT2D eigenvalue weighted by Gasteiger charge is 2.33. The number of fused-ring (bicyclic) bond motifs is 2. The van der Waals surface area contributed by atoms with Crippen LogP contribution in [0, 0.1) is 18.3 Å². The van der Waals surface area contributed by atoms with E-state index >= 15 is 0 Å². The van der Waals surface area contributed by atoms with Crippen LogP contribution in [0.5, 0.6) is 0 Å². The van der Waals surface area contributed by atoms with Gasteiger partial charge in [0.25, 0.3) is 11.5 Å². The standard InChI is InChI=1S/C22H28N4O2/c1-13-9-15(12-22(3,4)11-13)23-20(27)17-10-16-19(25(17)5)24-18-14(2)7-6-8-26(18)21(16)28/h6-8,10,13,15H,9,11-12H2,1-5H3,(H,23,27)/t13-,15+/m1/s1. The summed E-state index contributed by atoms with van der Waals surface area (Å²) >= 11 is 0. The van der Waals surface area contributed by atoms with E-state index < -0.39 is 0 Å². The van der Waals surface area contributed by atoms with E-state index in [1.165, 1.54) is 6.42 Å². The number of pyridine rings is 1. The van der Waals surface area contributed by atoms with E-state index in [9.17, 15) is 9.59 Å². The van der Waals surface area contributed by atoms with Gasteiger partial charge in [0.15, 0.2) is 0 Å². The van der Waals surface area contributed by atoms with Crippen LogP contribution in [0.2, 0.25) is 0 Å². The van der Waals surface area contributed by atoms with Crippen molar-refractivity contribution in [1.82, 2.24) is 19.3 Å². The number of aromatic nitrogens is 3. The van der Waals surface area contributed by atoms with Crippen molar-refractivity contribution in [2.24, 2.45) is 18.4 Å². The third-order valence-corrected chi connectivity index (χ3v) is 5.98. The number of nitrogens with zero attached hydrogens (tertiary/aromatic N) is 3. The topological polar surface area (TPSA) is 68.4 Å². The van der Waals surface area contributed by atoms with Crippen LogP contribution in [0.15, 0.2) is 29.2 Å². The van der Waals surface area contributed by atoms with Crippen LogP contribution in [0.3, 0.4) is 0 Å². The lowest BCUT2D eigenvalue weighted by Gasteiger charge is -2.39. The molecule has 0 radical (unpaired) electrons. The summed E-state index contributed by atoms with van der Waals surface area (Å²) in [5, 5.41) is 3.66. The van der Waals surface area contributed by atoms with Gasteiger partial charge in [-0.25, -0.2) is 4.98 Å². The Morgan fingerprint density at radius 3 is 2.75 bits per heavy atom. The van der Waals surface area contributed by atoms with Crippen molar-refractivity contribution in [1.29, 1.82) is 0 Å². The lowest BCUT2D eigenvalue weighted by molar-refractivity contribution is 0.0866. The highest BCUT2D eigenvalue weighted by atomic mass is 16.2. The van der Waals surface area contributed by atoms with Gasteiger partial charge in [0.1, 0.15) is 17.0 Å². The molecule has 3 aromatic rings. The molecule has 0 spiro atoms. The summed E-state index contributed by atoms with van der Waals surface area (Å²) in [6.07, 6.45) is 4.86. The molecule has 148 valence electrons. The number of hydrogen-bond acceptors (Lipinski definition) is 3. The molecule has 0 aliphatic heterocycles. The van der Waals surface area contributed by atoms with E-state index in [0.717, 1.165) is 18.4 Å². The molecular formula is C22H28N4O2. The second kappa shape index (κ2) is 6.47. The fourth-order valence-corrected chi connectivity index (χ4v) is 4.96. The minimum atomic E-state index is -0.147. The van der Waals surface area contributed by atoms with Crippen molar-refractivity contribution in [3.63, 3.8) is 0 Å². The average molecular weight is 380 g/mol. The fourth-order valence-electron chi connectivity index (χ4n) is 4.96. The molecular weight excluding hydrogens is 352 g/mol. The summed E-state index contributed by atoms with van der Waals surface area (Å²) in [6.45, 7) is 8.69. The number of rotatable bonds is 2. The molecule has 2 atom stereocenters. The van der Waals surface area contributed by atoms with Gasteiger partial charge in [-0.15, -0.1) is 0 Å². The Morgan fingerprint density at radius 1 is 1.29 bits per heavy atom. The molecule has 3 heterocycles. The van der Waals surface area contributed by atoms with Crippen LogP contribution in [0.1, 0.15) is 56.1 Å². The Kier molecular flexibility index (Phi) is 4.32. The number of hydrogen-bond donors (Lipinski definition) is 1. The van der Waals surface area contributed by atoms with E-state index in [1.54, 1.807) is 28.3 Å². The zero-order valence-corrected chi connectivity index (χ0v) is 17.2. The molecule has 28 heavy (non-hydrogen) atoms. The van der Waals surface area contributed by atoms with Crippen molar-refractivity contribution in [3.8, 4) is 0 Å². The monoisotopic (exact) mass is 380 g/mol. The Morgan fingerprint density at radius 2 is 2.04 bits per heavy atom.